The van der Waals surface area contributed by atoms with Crippen molar-refractivity contribution in [3.63, 3.8) is 0 Å². The van der Waals surface area contributed by atoms with Crippen LogP contribution in [0.5, 0.6) is 5.75 Å². The summed E-state index contributed by atoms with van der Waals surface area (Å²) in [4.78, 5) is 0. The molecule has 0 aliphatic heterocycles. The smallest absolute Gasteiger partial charge is 0.401 e. The van der Waals surface area contributed by atoms with E-state index in [9.17, 15) is 0 Å². The van der Waals surface area contributed by atoms with Crippen molar-refractivity contribution in [2.45, 2.75) is 12.8 Å². The Kier molecular flexibility index (Phi) is 4.26. The van der Waals surface area contributed by atoms with Crippen LogP contribution in [0.3, 0.4) is 0 Å². The van der Waals surface area contributed by atoms with Crippen molar-refractivity contribution in [3.05, 3.63) is 54.3 Å². The molecule has 84 valence electrons. The number of allylic oxidation sites excluding steroid dienone is 3. The van der Waals surface area contributed by atoms with Crippen LogP contribution in [-0.4, -0.2) is 0 Å². The quantitative estimate of drug-likeness (QED) is 0.720. The Morgan fingerprint density at radius 1 is 1.06 bits per heavy atom. The van der Waals surface area contributed by atoms with Crippen LogP contribution in [0.15, 0.2) is 54.3 Å². The van der Waals surface area contributed by atoms with Gasteiger partial charge in [-0.1, -0.05) is 24.3 Å². The van der Waals surface area contributed by atoms with Crippen molar-refractivity contribution in [2.24, 2.45) is 0 Å². The lowest BCUT2D eigenvalue weighted by Gasteiger charge is -2.14. The van der Waals surface area contributed by atoms with E-state index >= 15 is 0 Å². The van der Waals surface area contributed by atoms with Gasteiger partial charge < -0.3 is 9.05 Å². The van der Waals surface area contributed by atoms with Gasteiger partial charge in [0.2, 0.25) is 0 Å². The molecule has 0 heterocycles. The first kappa shape index (κ1) is 11.5. The third-order valence-electron chi connectivity index (χ3n) is 2.06. The summed E-state index contributed by atoms with van der Waals surface area (Å²) in [7, 11) is -1.43. The summed E-state index contributed by atoms with van der Waals surface area (Å²) >= 11 is 5.99. The molecular formula is C12H12ClO2P. The molecule has 0 amide bonds. The molecule has 1 aliphatic rings. The third-order valence-corrected chi connectivity index (χ3v) is 3.18. The van der Waals surface area contributed by atoms with Crippen LogP contribution in [0, 0.1) is 0 Å². The maximum absolute atomic E-state index is 5.99. The number of para-hydroxylation sites is 1. The standard InChI is InChI=1S/C12H12ClO2P/c13-16(14-11-7-3-1-4-8-11)15-12-9-5-2-6-10-12/h1,3-5,7-10H,2,6H2. The lowest BCUT2D eigenvalue weighted by atomic mass is 10.2. The minimum atomic E-state index is -1.43. The minimum absolute atomic E-state index is 0.726. The largest absolute Gasteiger partial charge is 0.428 e. The van der Waals surface area contributed by atoms with Crippen LogP contribution in [0.25, 0.3) is 0 Å². The fourth-order valence-corrected chi connectivity index (χ4v) is 2.43. The predicted molar refractivity (Wildman–Crippen MR) is 67.4 cm³/mol. The van der Waals surface area contributed by atoms with E-state index in [4.69, 9.17) is 20.3 Å². The van der Waals surface area contributed by atoms with Gasteiger partial charge in [-0.2, -0.15) is 0 Å². The normalized spacial score (nSPS) is 16.4. The molecule has 0 spiro atoms. The zero-order valence-electron chi connectivity index (χ0n) is 8.67. The molecule has 4 heteroatoms. The van der Waals surface area contributed by atoms with Gasteiger partial charge in [-0.15, -0.1) is 0 Å². The van der Waals surface area contributed by atoms with Crippen molar-refractivity contribution in [1.29, 1.82) is 0 Å². The molecule has 1 atom stereocenters. The average Bonchev–Trinajstić information content (AvgIpc) is 2.31. The maximum atomic E-state index is 5.99. The molecule has 2 nitrogen and oxygen atoms in total. The lowest BCUT2D eigenvalue weighted by molar-refractivity contribution is 0.430. The summed E-state index contributed by atoms with van der Waals surface area (Å²) in [6, 6.07) is 9.43. The second kappa shape index (κ2) is 5.93. The van der Waals surface area contributed by atoms with Gasteiger partial charge >= 0.3 is 7.73 Å². The van der Waals surface area contributed by atoms with Crippen LogP contribution in [0.2, 0.25) is 0 Å². The zero-order chi connectivity index (χ0) is 11.2. The van der Waals surface area contributed by atoms with Gasteiger partial charge in [-0.05, 0) is 48.4 Å². The Hall–Kier alpha value is -0.980. The summed E-state index contributed by atoms with van der Waals surface area (Å²) in [5, 5.41) is 0. The number of rotatable bonds is 4. The van der Waals surface area contributed by atoms with Crippen molar-refractivity contribution in [3.8, 4) is 5.75 Å². The molecule has 0 aromatic heterocycles. The Morgan fingerprint density at radius 2 is 1.88 bits per heavy atom. The van der Waals surface area contributed by atoms with E-state index in [0.717, 1.165) is 24.4 Å². The van der Waals surface area contributed by atoms with Crippen molar-refractivity contribution >= 4 is 19.0 Å². The highest BCUT2D eigenvalue weighted by molar-refractivity contribution is 7.76. The lowest BCUT2D eigenvalue weighted by Crippen LogP contribution is -1.90. The number of hydrogen-bond acceptors (Lipinski definition) is 2. The van der Waals surface area contributed by atoms with Gasteiger partial charge in [0.05, 0.1) is 0 Å². The molecule has 0 bridgehead atoms. The number of hydrogen-bond donors (Lipinski definition) is 0. The van der Waals surface area contributed by atoms with E-state index in [-0.39, 0.29) is 0 Å². The second-order valence-corrected chi connectivity index (χ2v) is 4.91. The minimum Gasteiger partial charge on any atom is -0.428 e. The highest BCUT2D eigenvalue weighted by atomic mass is 35.7. The van der Waals surface area contributed by atoms with E-state index in [0.29, 0.717) is 0 Å². The van der Waals surface area contributed by atoms with Crippen molar-refractivity contribution in [2.75, 3.05) is 0 Å². The topological polar surface area (TPSA) is 18.5 Å². The number of benzene rings is 1. The molecular weight excluding hydrogens is 243 g/mol. The average molecular weight is 255 g/mol. The van der Waals surface area contributed by atoms with Gasteiger partial charge in [0.15, 0.2) is 0 Å². The van der Waals surface area contributed by atoms with Crippen molar-refractivity contribution in [1.82, 2.24) is 0 Å². The van der Waals surface area contributed by atoms with Crippen LogP contribution in [0.4, 0.5) is 0 Å². The van der Waals surface area contributed by atoms with Crippen LogP contribution >= 0.6 is 19.0 Å². The molecule has 0 N–H and O–H groups in total. The molecule has 1 aliphatic carbocycles. The third kappa shape index (κ3) is 3.55. The SMILES string of the molecule is ClP(OC1=CCCC=C1)Oc1ccccc1. The summed E-state index contributed by atoms with van der Waals surface area (Å²) in [6.07, 6.45) is 8.07. The molecule has 1 aromatic carbocycles. The number of halogens is 1. The van der Waals surface area contributed by atoms with E-state index in [2.05, 4.69) is 6.08 Å². The predicted octanol–water partition coefficient (Wildman–Crippen LogP) is 4.78. The first-order chi connectivity index (χ1) is 7.84. The monoisotopic (exact) mass is 254 g/mol. The zero-order valence-corrected chi connectivity index (χ0v) is 10.3. The van der Waals surface area contributed by atoms with E-state index < -0.39 is 7.73 Å². The molecule has 1 aromatic rings. The summed E-state index contributed by atoms with van der Waals surface area (Å²) in [5.74, 6) is 1.52. The summed E-state index contributed by atoms with van der Waals surface area (Å²) in [6.45, 7) is 0. The van der Waals surface area contributed by atoms with Gasteiger partial charge in [0.1, 0.15) is 11.5 Å². The summed E-state index contributed by atoms with van der Waals surface area (Å²) in [5.41, 5.74) is 0. The van der Waals surface area contributed by atoms with Gasteiger partial charge in [0, 0.05) is 0 Å². The fraction of sp³-hybridized carbons (Fsp3) is 0.167. The Morgan fingerprint density at radius 3 is 2.56 bits per heavy atom. The molecule has 0 saturated heterocycles. The van der Waals surface area contributed by atoms with E-state index in [1.54, 1.807) is 0 Å². The highest BCUT2D eigenvalue weighted by Crippen LogP contribution is 2.46. The van der Waals surface area contributed by atoms with Gasteiger partial charge in [-0.25, -0.2) is 0 Å². The van der Waals surface area contributed by atoms with Crippen LogP contribution in [0.1, 0.15) is 12.8 Å². The fourth-order valence-electron chi connectivity index (χ4n) is 1.32. The maximum Gasteiger partial charge on any atom is 0.401 e. The first-order valence-electron chi connectivity index (χ1n) is 5.08. The van der Waals surface area contributed by atoms with Crippen LogP contribution in [-0.2, 0) is 4.52 Å². The van der Waals surface area contributed by atoms with Crippen LogP contribution < -0.4 is 4.52 Å². The Bertz CT molecular complexity index is 389. The Balaban J connectivity index is 1.87. The molecule has 0 fully saturated rings. The molecule has 16 heavy (non-hydrogen) atoms. The molecule has 1 unspecified atom stereocenters. The Labute approximate surface area is 101 Å². The van der Waals surface area contributed by atoms with E-state index in [1.807, 2.05) is 42.5 Å². The highest BCUT2D eigenvalue weighted by Gasteiger charge is 2.11. The molecule has 2 rings (SSSR count). The second-order valence-electron chi connectivity index (χ2n) is 3.29. The van der Waals surface area contributed by atoms with Gasteiger partial charge in [0.25, 0.3) is 0 Å². The first-order valence-corrected chi connectivity index (χ1v) is 7.16. The van der Waals surface area contributed by atoms with Gasteiger partial charge in [-0.3, -0.25) is 0 Å². The molecule has 0 saturated carbocycles. The summed E-state index contributed by atoms with van der Waals surface area (Å²) < 4.78 is 10.9. The van der Waals surface area contributed by atoms with Crippen molar-refractivity contribution < 1.29 is 9.05 Å². The van der Waals surface area contributed by atoms with E-state index in [1.165, 1.54) is 0 Å². The molecule has 0 radical (unpaired) electrons.